The van der Waals surface area contributed by atoms with Gasteiger partial charge in [0.25, 0.3) is 0 Å². The Balaban J connectivity index is 2.06. The van der Waals surface area contributed by atoms with Gasteiger partial charge in [0.15, 0.2) is 5.65 Å². The second kappa shape index (κ2) is 7.43. The lowest BCUT2D eigenvalue weighted by atomic mass is 10.1. The normalized spacial score (nSPS) is 17.2. The summed E-state index contributed by atoms with van der Waals surface area (Å²) in [5, 5.41) is 0. The molecule has 3 heterocycles. The van der Waals surface area contributed by atoms with E-state index in [1.807, 2.05) is 31.2 Å². The predicted molar refractivity (Wildman–Crippen MR) is 112 cm³/mol. The maximum atomic E-state index is 12.7. The number of hydrogen-bond acceptors (Lipinski definition) is 5. The molecule has 1 saturated heterocycles. The highest BCUT2D eigenvalue weighted by Crippen LogP contribution is 2.35. The molecule has 2 aromatic heterocycles. The third-order valence-corrected chi connectivity index (χ3v) is 5.58. The van der Waals surface area contributed by atoms with Crippen molar-refractivity contribution in [3.63, 3.8) is 0 Å². The molecule has 1 aromatic carbocycles. The molecule has 0 N–H and O–H groups in total. The Morgan fingerprint density at radius 2 is 2.07 bits per heavy atom. The molecule has 3 aromatic rings. The molecule has 1 aliphatic rings. The van der Waals surface area contributed by atoms with Gasteiger partial charge < -0.3 is 9.64 Å². The molecule has 1 atom stereocenters. The number of imidazole rings is 1. The van der Waals surface area contributed by atoms with Crippen LogP contribution in [0.1, 0.15) is 42.6 Å². The third kappa shape index (κ3) is 2.92. The number of fused-ring (bicyclic) bond motifs is 3. The number of para-hydroxylation sites is 2. The minimum Gasteiger partial charge on any atom is -0.462 e. The van der Waals surface area contributed by atoms with Crippen LogP contribution in [0.2, 0.25) is 0 Å². The van der Waals surface area contributed by atoms with E-state index in [0.717, 1.165) is 48.2 Å². The molecular formula is C22H28N4O2. The number of carbonyl (C=O) groups is 1. The Morgan fingerprint density at radius 3 is 2.79 bits per heavy atom. The molecule has 1 fully saturated rings. The van der Waals surface area contributed by atoms with Crippen LogP contribution in [-0.2, 0) is 11.2 Å². The van der Waals surface area contributed by atoms with Crippen LogP contribution in [0, 0.1) is 0 Å². The van der Waals surface area contributed by atoms with E-state index < -0.39 is 0 Å². The van der Waals surface area contributed by atoms with Crippen LogP contribution in [0.4, 0.5) is 5.82 Å². The number of aryl methyl sites for hydroxylation is 1. The van der Waals surface area contributed by atoms with Crippen molar-refractivity contribution in [2.45, 2.75) is 39.3 Å². The van der Waals surface area contributed by atoms with Crippen LogP contribution >= 0.6 is 0 Å². The fourth-order valence-electron chi connectivity index (χ4n) is 4.33. The minimum absolute atomic E-state index is 0.311. The first-order valence-electron chi connectivity index (χ1n) is 10.1. The number of hydrogen-bond donors (Lipinski definition) is 0. The van der Waals surface area contributed by atoms with Crippen LogP contribution in [0.25, 0.3) is 16.7 Å². The first-order valence-corrected chi connectivity index (χ1v) is 10.1. The molecule has 0 amide bonds. The number of rotatable bonds is 5. The fourth-order valence-corrected chi connectivity index (χ4v) is 4.33. The topological polar surface area (TPSA) is 50.1 Å². The minimum atomic E-state index is -0.311. The highest BCUT2D eigenvalue weighted by molar-refractivity contribution is 5.99. The second-order valence-corrected chi connectivity index (χ2v) is 7.52. The maximum absolute atomic E-state index is 12.7. The highest BCUT2D eigenvalue weighted by atomic mass is 16.5. The first-order chi connectivity index (χ1) is 13.6. The lowest BCUT2D eigenvalue weighted by molar-refractivity contribution is 0.0528. The number of esters is 1. The van der Waals surface area contributed by atoms with E-state index in [0.29, 0.717) is 24.0 Å². The van der Waals surface area contributed by atoms with Crippen molar-refractivity contribution in [1.82, 2.24) is 14.3 Å². The number of carbonyl (C=O) groups excluding carboxylic acids is 1. The fraction of sp³-hybridized carbons (Fsp3) is 0.455. The van der Waals surface area contributed by atoms with Crippen molar-refractivity contribution >= 4 is 28.5 Å². The van der Waals surface area contributed by atoms with Gasteiger partial charge in [-0.2, -0.15) is 0 Å². The van der Waals surface area contributed by atoms with Gasteiger partial charge in [0, 0.05) is 6.54 Å². The van der Waals surface area contributed by atoms with Gasteiger partial charge in [0.1, 0.15) is 11.4 Å². The summed E-state index contributed by atoms with van der Waals surface area (Å²) in [6.07, 6.45) is 3.45. The Kier molecular flexibility index (Phi) is 4.98. The largest absolute Gasteiger partial charge is 0.462 e. The Labute approximate surface area is 165 Å². The first kappa shape index (κ1) is 18.7. The van der Waals surface area contributed by atoms with Crippen molar-refractivity contribution in [1.29, 1.82) is 0 Å². The van der Waals surface area contributed by atoms with Crippen molar-refractivity contribution in [3.05, 3.63) is 41.5 Å². The third-order valence-electron chi connectivity index (χ3n) is 5.58. The van der Waals surface area contributed by atoms with Crippen LogP contribution in [0.3, 0.4) is 0 Å². The van der Waals surface area contributed by atoms with Gasteiger partial charge in [0.2, 0.25) is 0 Å². The zero-order valence-electron chi connectivity index (χ0n) is 17.1. The Hall–Kier alpha value is -2.60. The summed E-state index contributed by atoms with van der Waals surface area (Å²) >= 11 is 0. The van der Waals surface area contributed by atoms with Crippen LogP contribution in [0.15, 0.2) is 30.3 Å². The van der Waals surface area contributed by atoms with Gasteiger partial charge in [-0.25, -0.2) is 9.78 Å². The van der Waals surface area contributed by atoms with Crippen LogP contribution in [0.5, 0.6) is 0 Å². The van der Waals surface area contributed by atoms with Gasteiger partial charge in [-0.05, 0) is 64.0 Å². The molecule has 0 radical (unpaired) electrons. The predicted octanol–water partition coefficient (Wildman–Crippen LogP) is 3.71. The lowest BCUT2D eigenvalue weighted by Crippen LogP contribution is -2.41. The zero-order valence-corrected chi connectivity index (χ0v) is 17.1. The van der Waals surface area contributed by atoms with E-state index >= 15 is 0 Å². The molecule has 4 rings (SSSR count). The number of aromatic nitrogens is 2. The average molecular weight is 380 g/mol. The molecular weight excluding hydrogens is 352 g/mol. The molecule has 6 nitrogen and oxygen atoms in total. The number of pyridine rings is 1. The summed E-state index contributed by atoms with van der Waals surface area (Å²) in [4.78, 5) is 22.3. The van der Waals surface area contributed by atoms with E-state index in [4.69, 9.17) is 9.72 Å². The molecule has 0 bridgehead atoms. The molecule has 0 saturated carbocycles. The number of benzene rings is 1. The van der Waals surface area contributed by atoms with E-state index in [-0.39, 0.29) is 5.97 Å². The van der Waals surface area contributed by atoms with E-state index in [9.17, 15) is 4.79 Å². The standard InChI is InChI=1S/C22H28N4O2/c1-5-15-14-16(22(27)28-6-2)20-23-17-10-7-8-11-18(17)26(20)21(15)25-13-9-12-19(25)24(3)4/h7-8,10-11,14,19H,5-6,9,12-13H2,1-4H3/t19-/m0/s1. The molecule has 28 heavy (non-hydrogen) atoms. The summed E-state index contributed by atoms with van der Waals surface area (Å²) in [5.74, 6) is 0.838. The summed E-state index contributed by atoms with van der Waals surface area (Å²) in [7, 11) is 4.26. The summed E-state index contributed by atoms with van der Waals surface area (Å²) < 4.78 is 7.51. The highest BCUT2D eigenvalue weighted by Gasteiger charge is 2.31. The molecule has 0 unspecified atom stereocenters. The Bertz CT molecular complexity index is 1020. The number of ether oxygens (including phenoxy) is 1. The summed E-state index contributed by atoms with van der Waals surface area (Å²) in [6, 6.07) is 10.1. The summed E-state index contributed by atoms with van der Waals surface area (Å²) in [5.41, 5.74) is 4.28. The summed E-state index contributed by atoms with van der Waals surface area (Å²) in [6.45, 7) is 5.32. The molecule has 148 valence electrons. The maximum Gasteiger partial charge on any atom is 0.341 e. The molecule has 0 spiro atoms. The van der Waals surface area contributed by atoms with E-state index in [2.05, 4.69) is 41.3 Å². The second-order valence-electron chi connectivity index (χ2n) is 7.52. The average Bonchev–Trinajstić information content (AvgIpc) is 3.32. The van der Waals surface area contributed by atoms with Crippen LogP contribution < -0.4 is 4.90 Å². The van der Waals surface area contributed by atoms with E-state index in [1.54, 1.807) is 0 Å². The van der Waals surface area contributed by atoms with Gasteiger partial charge in [-0.3, -0.25) is 9.30 Å². The molecule has 1 aliphatic heterocycles. The van der Waals surface area contributed by atoms with Crippen molar-refractivity contribution < 1.29 is 9.53 Å². The smallest absolute Gasteiger partial charge is 0.341 e. The molecule has 0 aliphatic carbocycles. The van der Waals surface area contributed by atoms with Crippen molar-refractivity contribution in [3.8, 4) is 0 Å². The molecule has 6 heteroatoms. The van der Waals surface area contributed by atoms with Gasteiger partial charge >= 0.3 is 5.97 Å². The van der Waals surface area contributed by atoms with Gasteiger partial charge in [-0.15, -0.1) is 0 Å². The zero-order chi connectivity index (χ0) is 19.8. The van der Waals surface area contributed by atoms with Crippen molar-refractivity contribution in [2.75, 3.05) is 32.1 Å². The number of nitrogens with zero attached hydrogens (tertiary/aromatic N) is 4. The van der Waals surface area contributed by atoms with Crippen molar-refractivity contribution in [2.24, 2.45) is 0 Å². The van der Waals surface area contributed by atoms with Gasteiger partial charge in [0.05, 0.1) is 23.8 Å². The monoisotopic (exact) mass is 380 g/mol. The Morgan fingerprint density at radius 1 is 1.29 bits per heavy atom. The van der Waals surface area contributed by atoms with Crippen LogP contribution in [-0.4, -0.2) is 53.7 Å². The van der Waals surface area contributed by atoms with Gasteiger partial charge in [-0.1, -0.05) is 19.1 Å². The quantitative estimate of drug-likeness (QED) is 0.632. The number of anilines is 1. The SMILES string of the molecule is CCOC(=O)c1cc(CC)c(N2CCC[C@H]2N(C)C)n2c1nc1ccccc12. The lowest BCUT2D eigenvalue weighted by Gasteiger charge is -2.33. The van der Waals surface area contributed by atoms with E-state index in [1.165, 1.54) is 0 Å².